The summed E-state index contributed by atoms with van der Waals surface area (Å²) in [5, 5.41) is 4.10. The summed E-state index contributed by atoms with van der Waals surface area (Å²) in [6, 6.07) is 5.26. The number of ether oxygens (including phenoxy) is 1. The van der Waals surface area contributed by atoms with Gasteiger partial charge in [0.15, 0.2) is 0 Å². The van der Waals surface area contributed by atoms with E-state index in [2.05, 4.69) is 21.0 Å². The van der Waals surface area contributed by atoms with Gasteiger partial charge in [-0.3, -0.25) is 9.48 Å². The molecule has 0 atom stereocenters. The standard InChI is InChI=1S/C13H13BrN2O2/c1-16-8-11(7-15-16)4-5-18-13-3-2-10(9-17)6-12(13)14/h2-3,6-9H,4-5H2,1H3. The third-order valence-electron chi connectivity index (χ3n) is 2.50. The summed E-state index contributed by atoms with van der Waals surface area (Å²) in [7, 11) is 1.89. The Hall–Kier alpha value is -1.62. The van der Waals surface area contributed by atoms with Gasteiger partial charge in [0.25, 0.3) is 0 Å². The Labute approximate surface area is 114 Å². The lowest BCUT2D eigenvalue weighted by Gasteiger charge is -2.07. The molecule has 0 radical (unpaired) electrons. The third kappa shape index (κ3) is 3.20. The number of rotatable bonds is 5. The molecule has 1 aromatic heterocycles. The predicted molar refractivity (Wildman–Crippen MR) is 71.9 cm³/mol. The summed E-state index contributed by atoms with van der Waals surface area (Å²) < 4.78 is 8.21. The van der Waals surface area contributed by atoms with E-state index in [1.807, 2.05) is 19.4 Å². The molecule has 1 heterocycles. The van der Waals surface area contributed by atoms with Crippen LogP contribution in [-0.4, -0.2) is 22.7 Å². The van der Waals surface area contributed by atoms with Crippen LogP contribution in [0.25, 0.3) is 0 Å². The van der Waals surface area contributed by atoms with Gasteiger partial charge in [-0.1, -0.05) is 0 Å². The molecule has 0 aliphatic rings. The maximum atomic E-state index is 10.6. The molecule has 1 aromatic carbocycles. The first-order valence-electron chi connectivity index (χ1n) is 5.54. The van der Waals surface area contributed by atoms with Crippen molar-refractivity contribution in [2.75, 3.05) is 6.61 Å². The van der Waals surface area contributed by atoms with Crippen LogP contribution in [0, 0.1) is 0 Å². The summed E-state index contributed by atoms with van der Waals surface area (Å²) >= 11 is 3.38. The SMILES string of the molecule is Cn1cc(CCOc2ccc(C=O)cc2Br)cn1. The van der Waals surface area contributed by atoms with E-state index in [4.69, 9.17) is 4.74 Å². The van der Waals surface area contributed by atoms with E-state index in [0.717, 1.165) is 28.5 Å². The van der Waals surface area contributed by atoms with Crippen LogP contribution < -0.4 is 4.74 Å². The second-order valence-corrected chi connectivity index (χ2v) is 4.78. The second kappa shape index (κ2) is 5.82. The van der Waals surface area contributed by atoms with Crippen LogP contribution in [0.5, 0.6) is 5.75 Å². The number of hydrogen-bond acceptors (Lipinski definition) is 3. The number of aryl methyl sites for hydroxylation is 1. The van der Waals surface area contributed by atoms with Gasteiger partial charge in [0, 0.05) is 25.2 Å². The number of aldehydes is 1. The molecule has 5 heteroatoms. The van der Waals surface area contributed by atoms with Crippen molar-refractivity contribution < 1.29 is 9.53 Å². The number of aromatic nitrogens is 2. The molecule has 18 heavy (non-hydrogen) atoms. The van der Waals surface area contributed by atoms with Gasteiger partial charge in [0.05, 0.1) is 17.3 Å². The molecular formula is C13H13BrN2O2. The first-order chi connectivity index (χ1) is 8.69. The smallest absolute Gasteiger partial charge is 0.150 e. The Morgan fingerprint density at radius 3 is 2.94 bits per heavy atom. The summed E-state index contributed by atoms with van der Waals surface area (Å²) in [4.78, 5) is 10.6. The molecule has 0 bridgehead atoms. The molecule has 2 rings (SSSR count). The van der Waals surface area contributed by atoms with Gasteiger partial charge >= 0.3 is 0 Å². The third-order valence-corrected chi connectivity index (χ3v) is 3.12. The molecule has 0 saturated heterocycles. The van der Waals surface area contributed by atoms with Crippen molar-refractivity contribution in [2.24, 2.45) is 7.05 Å². The number of nitrogens with zero attached hydrogens (tertiary/aromatic N) is 2. The van der Waals surface area contributed by atoms with Crippen molar-refractivity contribution >= 4 is 22.2 Å². The van der Waals surface area contributed by atoms with E-state index in [-0.39, 0.29) is 0 Å². The maximum Gasteiger partial charge on any atom is 0.150 e. The minimum Gasteiger partial charge on any atom is -0.492 e. The zero-order valence-electron chi connectivity index (χ0n) is 9.97. The fourth-order valence-electron chi connectivity index (χ4n) is 1.59. The summed E-state index contributed by atoms with van der Waals surface area (Å²) in [5.41, 5.74) is 1.76. The van der Waals surface area contributed by atoms with Gasteiger partial charge < -0.3 is 4.74 Å². The number of hydrogen-bond donors (Lipinski definition) is 0. The van der Waals surface area contributed by atoms with Gasteiger partial charge in [0.1, 0.15) is 12.0 Å². The molecule has 94 valence electrons. The fraction of sp³-hybridized carbons (Fsp3) is 0.231. The van der Waals surface area contributed by atoms with Gasteiger partial charge in [0.2, 0.25) is 0 Å². The topological polar surface area (TPSA) is 44.1 Å². The van der Waals surface area contributed by atoms with Crippen molar-refractivity contribution in [1.29, 1.82) is 0 Å². The monoisotopic (exact) mass is 308 g/mol. The van der Waals surface area contributed by atoms with Gasteiger partial charge in [-0.25, -0.2) is 0 Å². The molecule has 0 aliphatic heterocycles. The molecule has 0 fully saturated rings. The van der Waals surface area contributed by atoms with Crippen molar-refractivity contribution in [3.8, 4) is 5.75 Å². The summed E-state index contributed by atoms with van der Waals surface area (Å²) in [6.07, 6.45) is 5.40. The lowest BCUT2D eigenvalue weighted by molar-refractivity contribution is 0.112. The maximum absolute atomic E-state index is 10.6. The highest BCUT2D eigenvalue weighted by Crippen LogP contribution is 2.25. The van der Waals surface area contributed by atoms with Crippen LogP contribution in [0.3, 0.4) is 0 Å². The quantitative estimate of drug-likeness (QED) is 0.798. The minimum atomic E-state index is 0.574. The first-order valence-corrected chi connectivity index (χ1v) is 6.33. The predicted octanol–water partition coefficient (Wildman–Crippen LogP) is 2.62. The van der Waals surface area contributed by atoms with Crippen molar-refractivity contribution in [3.63, 3.8) is 0 Å². The second-order valence-electron chi connectivity index (χ2n) is 3.93. The highest BCUT2D eigenvalue weighted by Gasteiger charge is 2.03. The Balaban J connectivity index is 1.92. The van der Waals surface area contributed by atoms with E-state index < -0.39 is 0 Å². The minimum absolute atomic E-state index is 0.574. The lowest BCUT2D eigenvalue weighted by Crippen LogP contribution is -2.01. The number of benzene rings is 1. The van der Waals surface area contributed by atoms with Gasteiger partial charge in [-0.2, -0.15) is 5.10 Å². The van der Waals surface area contributed by atoms with E-state index in [1.54, 1.807) is 22.9 Å². The normalized spacial score (nSPS) is 10.3. The molecule has 0 saturated carbocycles. The molecule has 0 spiro atoms. The molecule has 0 aliphatic carbocycles. The van der Waals surface area contributed by atoms with Crippen LogP contribution in [-0.2, 0) is 13.5 Å². The molecule has 2 aromatic rings. The average Bonchev–Trinajstić information content (AvgIpc) is 2.77. The number of halogens is 1. The van der Waals surface area contributed by atoms with Crippen LogP contribution in [0.15, 0.2) is 35.1 Å². The molecule has 0 amide bonds. The number of carbonyl (C=O) groups excluding carboxylic acids is 1. The average molecular weight is 309 g/mol. The molecular weight excluding hydrogens is 296 g/mol. The molecule has 0 N–H and O–H groups in total. The van der Waals surface area contributed by atoms with Crippen LogP contribution in [0.1, 0.15) is 15.9 Å². The number of carbonyl (C=O) groups is 1. The highest BCUT2D eigenvalue weighted by atomic mass is 79.9. The van der Waals surface area contributed by atoms with E-state index in [1.165, 1.54) is 0 Å². The Morgan fingerprint density at radius 2 is 2.33 bits per heavy atom. The van der Waals surface area contributed by atoms with Crippen molar-refractivity contribution in [3.05, 3.63) is 46.2 Å². The lowest BCUT2D eigenvalue weighted by atomic mass is 10.2. The van der Waals surface area contributed by atoms with Crippen LogP contribution >= 0.6 is 15.9 Å². The Kier molecular flexibility index (Phi) is 4.15. The van der Waals surface area contributed by atoms with Crippen molar-refractivity contribution in [2.45, 2.75) is 6.42 Å². The van der Waals surface area contributed by atoms with E-state index >= 15 is 0 Å². The highest BCUT2D eigenvalue weighted by molar-refractivity contribution is 9.10. The summed E-state index contributed by atoms with van der Waals surface area (Å²) in [6.45, 7) is 0.574. The fourth-order valence-corrected chi connectivity index (χ4v) is 2.10. The Bertz CT molecular complexity index is 552. The van der Waals surface area contributed by atoms with Gasteiger partial charge in [-0.05, 0) is 39.7 Å². The molecule has 0 unspecified atom stereocenters. The van der Waals surface area contributed by atoms with Crippen LogP contribution in [0.2, 0.25) is 0 Å². The van der Waals surface area contributed by atoms with Crippen LogP contribution in [0.4, 0.5) is 0 Å². The van der Waals surface area contributed by atoms with E-state index in [0.29, 0.717) is 12.2 Å². The first kappa shape index (κ1) is 12.8. The molecule has 4 nitrogen and oxygen atoms in total. The van der Waals surface area contributed by atoms with E-state index in [9.17, 15) is 4.79 Å². The largest absolute Gasteiger partial charge is 0.492 e. The zero-order chi connectivity index (χ0) is 13.0. The van der Waals surface area contributed by atoms with Crippen molar-refractivity contribution in [1.82, 2.24) is 9.78 Å². The Morgan fingerprint density at radius 1 is 1.50 bits per heavy atom. The van der Waals surface area contributed by atoms with Gasteiger partial charge in [-0.15, -0.1) is 0 Å². The summed E-state index contributed by atoms with van der Waals surface area (Å²) in [5.74, 6) is 0.740. The zero-order valence-corrected chi connectivity index (χ0v) is 11.6.